The molecule has 0 bridgehead atoms. The molecule has 1 rings (SSSR count). The molecule has 1 N–H and O–H groups in total. The lowest BCUT2D eigenvalue weighted by Gasteiger charge is -2.01. The van der Waals surface area contributed by atoms with Crippen molar-refractivity contribution in [3.8, 4) is 5.75 Å². The molecule has 1 aromatic carbocycles. The van der Waals surface area contributed by atoms with E-state index < -0.39 is 0 Å². The first kappa shape index (κ1) is 8.41. The van der Waals surface area contributed by atoms with Gasteiger partial charge in [0.2, 0.25) is 0 Å². The van der Waals surface area contributed by atoms with Gasteiger partial charge in [0.05, 0.1) is 0 Å². The zero-order valence-corrected chi connectivity index (χ0v) is 7.23. The number of aromatic hydroxyl groups is 1. The summed E-state index contributed by atoms with van der Waals surface area (Å²) in [5, 5.41) is 9.18. The Balaban J connectivity index is 2.86. The molecule has 0 amide bonds. The van der Waals surface area contributed by atoms with Crippen LogP contribution < -0.4 is 0 Å². The molecule has 0 aliphatic carbocycles. The molecule has 0 saturated carbocycles. The normalized spacial score (nSPS) is 10.0. The summed E-state index contributed by atoms with van der Waals surface area (Å²) in [6.45, 7) is 1.88. The minimum Gasteiger partial charge on any atom is -0.508 e. The molecule has 0 saturated heterocycles. The Hall–Kier alpha value is -0.690. The second kappa shape index (κ2) is 3.63. The largest absolute Gasteiger partial charge is 0.508 e. The summed E-state index contributed by atoms with van der Waals surface area (Å²) in [5.41, 5.74) is 2.09. The maximum atomic E-state index is 9.18. The van der Waals surface area contributed by atoms with Crippen LogP contribution in [0, 0.1) is 6.92 Å². The fraction of sp³-hybridized carbons (Fsp3) is 0.333. The maximum Gasteiger partial charge on any atom is 0.118 e. The van der Waals surface area contributed by atoms with Crippen molar-refractivity contribution in [1.82, 2.24) is 0 Å². The van der Waals surface area contributed by atoms with Gasteiger partial charge in [0.25, 0.3) is 0 Å². The lowest BCUT2D eigenvalue weighted by molar-refractivity contribution is 0.471. The van der Waals surface area contributed by atoms with Gasteiger partial charge in [-0.05, 0) is 30.5 Å². The standard InChI is InChI=1S/C9H11ClO/c1-7-6-8(4-5-10)2-3-9(7)11/h2-3,6,11H,4-5H2,1H3. The molecule has 0 aliphatic rings. The Bertz CT molecular complexity index is 245. The average molecular weight is 171 g/mol. The highest BCUT2D eigenvalue weighted by atomic mass is 35.5. The van der Waals surface area contributed by atoms with Gasteiger partial charge in [0.15, 0.2) is 0 Å². The molecule has 0 radical (unpaired) electrons. The molecular formula is C9H11ClO. The van der Waals surface area contributed by atoms with E-state index in [0.29, 0.717) is 11.6 Å². The number of halogens is 1. The van der Waals surface area contributed by atoms with E-state index in [9.17, 15) is 5.11 Å². The van der Waals surface area contributed by atoms with Crippen LogP contribution in [-0.4, -0.2) is 11.0 Å². The Morgan fingerprint density at radius 1 is 1.45 bits per heavy atom. The van der Waals surface area contributed by atoms with Gasteiger partial charge < -0.3 is 5.11 Å². The van der Waals surface area contributed by atoms with E-state index in [1.165, 1.54) is 5.56 Å². The van der Waals surface area contributed by atoms with Crippen LogP contribution in [0.1, 0.15) is 11.1 Å². The van der Waals surface area contributed by atoms with E-state index >= 15 is 0 Å². The van der Waals surface area contributed by atoms with E-state index in [1.807, 2.05) is 19.1 Å². The van der Waals surface area contributed by atoms with Gasteiger partial charge in [-0.15, -0.1) is 11.6 Å². The van der Waals surface area contributed by atoms with E-state index in [2.05, 4.69) is 0 Å². The predicted molar refractivity (Wildman–Crippen MR) is 47.3 cm³/mol. The number of rotatable bonds is 2. The third kappa shape index (κ3) is 2.12. The van der Waals surface area contributed by atoms with Crippen LogP contribution in [0.4, 0.5) is 0 Å². The first-order valence-electron chi connectivity index (χ1n) is 3.58. The summed E-state index contributed by atoms with van der Waals surface area (Å²) in [6.07, 6.45) is 0.864. The third-order valence-corrected chi connectivity index (χ3v) is 1.83. The summed E-state index contributed by atoms with van der Waals surface area (Å²) in [7, 11) is 0. The van der Waals surface area contributed by atoms with Gasteiger partial charge in [-0.3, -0.25) is 0 Å². The molecule has 0 spiro atoms. The molecule has 0 aromatic heterocycles. The summed E-state index contributed by atoms with van der Waals surface area (Å²) < 4.78 is 0. The molecule has 0 fully saturated rings. The Morgan fingerprint density at radius 3 is 2.73 bits per heavy atom. The van der Waals surface area contributed by atoms with Gasteiger partial charge in [-0.25, -0.2) is 0 Å². The molecule has 2 heteroatoms. The third-order valence-electron chi connectivity index (χ3n) is 1.64. The van der Waals surface area contributed by atoms with Crippen molar-refractivity contribution in [3.05, 3.63) is 29.3 Å². The van der Waals surface area contributed by atoms with Crippen molar-refractivity contribution >= 4 is 11.6 Å². The van der Waals surface area contributed by atoms with Crippen LogP contribution in [0.15, 0.2) is 18.2 Å². The number of hydrogen-bond acceptors (Lipinski definition) is 1. The summed E-state index contributed by atoms with van der Waals surface area (Å²) >= 11 is 5.57. The second-order valence-electron chi connectivity index (χ2n) is 2.56. The highest BCUT2D eigenvalue weighted by Gasteiger charge is 1.96. The first-order chi connectivity index (χ1) is 5.24. The van der Waals surface area contributed by atoms with Crippen molar-refractivity contribution in [2.24, 2.45) is 0 Å². The molecular weight excluding hydrogens is 160 g/mol. The minimum atomic E-state index is 0.350. The van der Waals surface area contributed by atoms with Crippen LogP contribution in [0.3, 0.4) is 0 Å². The van der Waals surface area contributed by atoms with Gasteiger partial charge in [-0.1, -0.05) is 12.1 Å². The van der Waals surface area contributed by atoms with Crippen molar-refractivity contribution in [2.75, 3.05) is 5.88 Å². The maximum absolute atomic E-state index is 9.18. The van der Waals surface area contributed by atoms with Crippen molar-refractivity contribution in [2.45, 2.75) is 13.3 Å². The summed E-state index contributed by atoms with van der Waals surface area (Å²) in [6, 6.07) is 5.56. The molecule has 0 aliphatic heterocycles. The smallest absolute Gasteiger partial charge is 0.118 e. The Morgan fingerprint density at radius 2 is 2.18 bits per heavy atom. The second-order valence-corrected chi connectivity index (χ2v) is 2.94. The van der Waals surface area contributed by atoms with Crippen molar-refractivity contribution < 1.29 is 5.11 Å². The lowest BCUT2D eigenvalue weighted by Crippen LogP contribution is -1.86. The molecule has 1 nitrogen and oxygen atoms in total. The van der Waals surface area contributed by atoms with Gasteiger partial charge in [0.1, 0.15) is 5.75 Å². The fourth-order valence-electron chi connectivity index (χ4n) is 0.982. The van der Waals surface area contributed by atoms with E-state index in [0.717, 1.165) is 12.0 Å². The number of aryl methyl sites for hydroxylation is 2. The molecule has 11 heavy (non-hydrogen) atoms. The van der Waals surface area contributed by atoms with Crippen LogP contribution in [0.5, 0.6) is 5.75 Å². The van der Waals surface area contributed by atoms with E-state index in [4.69, 9.17) is 11.6 Å². The quantitative estimate of drug-likeness (QED) is 0.677. The zero-order chi connectivity index (χ0) is 8.27. The van der Waals surface area contributed by atoms with Gasteiger partial charge >= 0.3 is 0 Å². The van der Waals surface area contributed by atoms with Crippen LogP contribution in [0.2, 0.25) is 0 Å². The molecule has 60 valence electrons. The summed E-state index contributed by atoms with van der Waals surface area (Å²) in [5.74, 6) is 0.979. The first-order valence-corrected chi connectivity index (χ1v) is 4.12. The minimum absolute atomic E-state index is 0.350. The molecule has 0 atom stereocenters. The lowest BCUT2D eigenvalue weighted by atomic mass is 10.1. The summed E-state index contributed by atoms with van der Waals surface area (Å²) in [4.78, 5) is 0. The number of phenolic OH excluding ortho intramolecular Hbond substituents is 1. The number of benzene rings is 1. The van der Waals surface area contributed by atoms with Crippen molar-refractivity contribution in [3.63, 3.8) is 0 Å². The van der Waals surface area contributed by atoms with Crippen LogP contribution >= 0.6 is 11.6 Å². The SMILES string of the molecule is Cc1cc(CCCl)ccc1O. The molecule has 0 unspecified atom stereocenters. The Labute approximate surface area is 71.6 Å². The topological polar surface area (TPSA) is 20.2 Å². The van der Waals surface area contributed by atoms with Gasteiger partial charge in [-0.2, -0.15) is 0 Å². The average Bonchev–Trinajstić information content (AvgIpc) is 1.98. The van der Waals surface area contributed by atoms with Crippen LogP contribution in [-0.2, 0) is 6.42 Å². The predicted octanol–water partition coefficient (Wildman–Crippen LogP) is 2.48. The van der Waals surface area contributed by atoms with E-state index in [-0.39, 0.29) is 0 Å². The molecule has 1 aromatic rings. The fourth-order valence-corrected chi connectivity index (χ4v) is 1.20. The number of phenols is 1. The monoisotopic (exact) mass is 170 g/mol. The van der Waals surface area contributed by atoms with Crippen LogP contribution in [0.25, 0.3) is 0 Å². The highest BCUT2D eigenvalue weighted by Crippen LogP contribution is 2.17. The number of hydrogen-bond donors (Lipinski definition) is 1. The Kier molecular flexibility index (Phi) is 2.77. The zero-order valence-electron chi connectivity index (χ0n) is 6.47. The van der Waals surface area contributed by atoms with E-state index in [1.54, 1.807) is 6.07 Å². The highest BCUT2D eigenvalue weighted by molar-refractivity contribution is 6.17. The number of alkyl halides is 1. The molecule has 0 heterocycles. The van der Waals surface area contributed by atoms with Crippen molar-refractivity contribution in [1.29, 1.82) is 0 Å². The van der Waals surface area contributed by atoms with Gasteiger partial charge in [0, 0.05) is 5.88 Å².